The number of ether oxygens (including phenoxy) is 2. The van der Waals surface area contributed by atoms with E-state index in [4.69, 9.17) is 21.1 Å². The van der Waals surface area contributed by atoms with Crippen LogP contribution in [0.1, 0.15) is 11.1 Å². The normalized spacial score (nSPS) is 9.67. The first-order valence-corrected chi connectivity index (χ1v) is 6.73. The minimum atomic E-state index is -0.441. The van der Waals surface area contributed by atoms with Crippen LogP contribution < -0.4 is 9.47 Å². The molecule has 0 bridgehead atoms. The van der Waals surface area contributed by atoms with Gasteiger partial charge in [0.15, 0.2) is 0 Å². The second kappa shape index (κ2) is 7.51. The molecule has 0 fully saturated rings. The molecule has 0 aliphatic carbocycles. The summed E-state index contributed by atoms with van der Waals surface area (Å²) < 4.78 is 24.4. The monoisotopic (exact) mass is 305 g/mol. The Labute approximate surface area is 127 Å². The highest BCUT2D eigenvalue weighted by Crippen LogP contribution is 2.20. The standard InChI is InChI=1S/C16H13ClFNO2/c1-20-16-13(5-3-9-19-16)11-21-14-7-6-12(4-2-8-17)15(18)10-14/h3,5-7,9-10H,8,11H2,1H3. The lowest BCUT2D eigenvalue weighted by Crippen LogP contribution is -2.00. The van der Waals surface area contributed by atoms with E-state index in [9.17, 15) is 4.39 Å². The Morgan fingerprint density at radius 2 is 2.19 bits per heavy atom. The molecule has 2 aromatic rings. The predicted molar refractivity (Wildman–Crippen MR) is 79.1 cm³/mol. The van der Waals surface area contributed by atoms with Crippen molar-refractivity contribution in [2.24, 2.45) is 0 Å². The number of benzene rings is 1. The maximum absolute atomic E-state index is 13.8. The highest BCUT2D eigenvalue weighted by atomic mass is 35.5. The van der Waals surface area contributed by atoms with Crippen LogP contribution in [0.5, 0.6) is 11.6 Å². The molecule has 108 valence electrons. The van der Waals surface area contributed by atoms with E-state index < -0.39 is 5.82 Å². The Morgan fingerprint density at radius 1 is 1.33 bits per heavy atom. The zero-order valence-electron chi connectivity index (χ0n) is 11.4. The summed E-state index contributed by atoms with van der Waals surface area (Å²) in [7, 11) is 1.54. The number of aromatic nitrogens is 1. The first kappa shape index (κ1) is 15.1. The summed E-state index contributed by atoms with van der Waals surface area (Å²) in [5.74, 6) is 5.87. The lowest BCUT2D eigenvalue weighted by atomic mass is 10.2. The third kappa shape index (κ3) is 4.11. The minimum absolute atomic E-state index is 0.165. The molecule has 21 heavy (non-hydrogen) atoms. The van der Waals surface area contributed by atoms with Gasteiger partial charge in [0, 0.05) is 12.3 Å². The second-order valence-corrected chi connectivity index (χ2v) is 4.30. The summed E-state index contributed by atoms with van der Waals surface area (Å²) in [4.78, 5) is 4.07. The molecule has 0 amide bonds. The fourth-order valence-electron chi connectivity index (χ4n) is 1.69. The number of hydrogen-bond acceptors (Lipinski definition) is 3. The van der Waals surface area contributed by atoms with Crippen molar-refractivity contribution in [2.45, 2.75) is 6.61 Å². The summed E-state index contributed by atoms with van der Waals surface area (Å²) in [6.45, 7) is 0.239. The van der Waals surface area contributed by atoms with E-state index in [1.54, 1.807) is 24.4 Å². The molecule has 1 aromatic carbocycles. The van der Waals surface area contributed by atoms with Gasteiger partial charge in [-0.15, -0.1) is 11.6 Å². The fraction of sp³-hybridized carbons (Fsp3) is 0.188. The van der Waals surface area contributed by atoms with Crippen molar-refractivity contribution in [1.82, 2.24) is 4.98 Å². The van der Waals surface area contributed by atoms with E-state index in [0.29, 0.717) is 17.2 Å². The number of methoxy groups -OCH3 is 1. The maximum atomic E-state index is 13.8. The van der Waals surface area contributed by atoms with Crippen LogP contribution in [-0.2, 0) is 6.61 Å². The van der Waals surface area contributed by atoms with Gasteiger partial charge < -0.3 is 9.47 Å². The van der Waals surface area contributed by atoms with Gasteiger partial charge in [0.1, 0.15) is 18.2 Å². The molecule has 0 atom stereocenters. The molecule has 1 aromatic heterocycles. The third-order valence-corrected chi connectivity index (χ3v) is 2.80. The number of pyridine rings is 1. The van der Waals surface area contributed by atoms with E-state index in [0.717, 1.165) is 5.56 Å². The van der Waals surface area contributed by atoms with E-state index in [-0.39, 0.29) is 12.5 Å². The van der Waals surface area contributed by atoms with E-state index in [1.807, 2.05) is 6.07 Å². The van der Waals surface area contributed by atoms with Crippen molar-refractivity contribution in [2.75, 3.05) is 13.0 Å². The summed E-state index contributed by atoms with van der Waals surface area (Å²) in [6, 6.07) is 8.13. The van der Waals surface area contributed by atoms with E-state index >= 15 is 0 Å². The number of rotatable bonds is 4. The Bertz CT molecular complexity index is 679. The average Bonchev–Trinajstić information content (AvgIpc) is 2.52. The number of halogens is 2. The number of alkyl halides is 1. The van der Waals surface area contributed by atoms with Gasteiger partial charge in [-0.05, 0) is 24.3 Å². The second-order valence-electron chi connectivity index (χ2n) is 4.04. The van der Waals surface area contributed by atoms with Crippen molar-refractivity contribution < 1.29 is 13.9 Å². The Kier molecular flexibility index (Phi) is 5.42. The summed E-state index contributed by atoms with van der Waals surface area (Å²) >= 11 is 5.44. The minimum Gasteiger partial charge on any atom is -0.489 e. The molecule has 0 aliphatic heterocycles. The van der Waals surface area contributed by atoms with E-state index in [2.05, 4.69) is 16.8 Å². The molecule has 0 saturated carbocycles. The molecule has 3 nitrogen and oxygen atoms in total. The van der Waals surface area contributed by atoms with Gasteiger partial charge in [-0.1, -0.05) is 11.8 Å². The number of nitrogens with zero attached hydrogens (tertiary/aromatic N) is 1. The molecule has 0 radical (unpaired) electrons. The maximum Gasteiger partial charge on any atom is 0.219 e. The largest absolute Gasteiger partial charge is 0.489 e. The lowest BCUT2D eigenvalue weighted by molar-refractivity contribution is 0.292. The molecule has 1 heterocycles. The van der Waals surface area contributed by atoms with Crippen LogP contribution >= 0.6 is 11.6 Å². The molecule has 0 aliphatic rings. The van der Waals surface area contributed by atoms with Crippen molar-refractivity contribution in [3.63, 3.8) is 0 Å². The number of hydrogen-bond donors (Lipinski definition) is 0. The van der Waals surface area contributed by atoms with Crippen LogP contribution in [0.25, 0.3) is 0 Å². The van der Waals surface area contributed by atoms with Crippen LogP contribution in [0.4, 0.5) is 4.39 Å². The van der Waals surface area contributed by atoms with Gasteiger partial charge in [0.25, 0.3) is 0 Å². The lowest BCUT2D eigenvalue weighted by Gasteiger charge is -2.09. The molecular formula is C16H13ClFNO2. The zero-order chi connectivity index (χ0) is 15.1. The van der Waals surface area contributed by atoms with E-state index in [1.165, 1.54) is 13.2 Å². The Morgan fingerprint density at radius 3 is 2.90 bits per heavy atom. The summed E-state index contributed by atoms with van der Waals surface area (Å²) in [5, 5.41) is 0. The summed E-state index contributed by atoms with van der Waals surface area (Å²) in [5.41, 5.74) is 1.08. The van der Waals surface area contributed by atoms with Crippen molar-refractivity contribution >= 4 is 11.6 Å². The fourth-order valence-corrected chi connectivity index (χ4v) is 1.76. The van der Waals surface area contributed by atoms with Gasteiger partial charge in [-0.25, -0.2) is 9.37 Å². The SMILES string of the molecule is COc1ncccc1COc1ccc(C#CCCl)c(F)c1. The Hall–Kier alpha value is -2.25. The molecule has 2 rings (SSSR count). The molecule has 0 spiro atoms. The van der Waals surface area contributed by atoms with Gasteiger partial charge in [0.2, 0.25) is 5.88 Å². The Balaban J connectivity index is 2.08. The van der Waals surface area contributed by atoms with Crippen molar-refractivity contribution in [1.29, 1.82) is 0 Å². The predicted octanol–water partition coefficient (Wildman–Crippen LogP) is 3.40. The van der Waals surface area contributed by atoms with Crippen molar-refractivity contribution in [3.05, 3.63) is 53.5 Å². The van der Waals surface area contributed by atoms with Gasteiger partial charge in [-0.2, -0.15) is 0 Å². The first-order valence-electron chi connectivity index (χ1n) is 6.19. The molecular weight excluding hydrogens is 293 g/mol. The average molecular weight is 306 g/mol. The molecule has 0 unspecified atom stereocenters. The van der Waals surface area contributed by atoms with Gasteiger partial charge in [-0.3, -0.25) is 0 Å². The van der Waals surface area contributed by atoms with Crippen LogP contribution in [0.15, 0.2) is 36.5 Å². The van der Waals surface area contributed by atoms with Crippen molar-refractivity contribution in [3.8, 4) is 23.5 Å². The quantitative estimate of drug-likeness (QED) is 0.641. The first-order chi connectivity index (χ1) is 10.2. The van der Waals surface area contributed by atoms with Crippen LogP contribution in [0.2, 0.25) is 0 Å². The van der Waals surface area contributed by atoms with Gasteiger partial charge >= 0.3 is 0 Å². The summed E-state index contributed by atoms with van der Waals surface area (Å²) in [6.07, 6.45) is 1.63. The van der Waals surface area contributed by atoms with Crippen LogP contribution in [-0.4, -0.2) is 18.0 Å². The van der Waals surface area contributed by atoms with Gasteiger partial charge in [0.05, 0.1) is 24.1 Å². The molecule has 0 saturated heterocycles. The topological polar surface area (TPSA) is 31.4 Å². The van der Waals surface area contributed by atoms with Crippen LogP contribution in [0, 0.1) is 17.7 Å². The molecule has 0 N–H and O–H groups in total. The van der Waals surface area contributed by atoms with Crippen LogP contribution in [0.3, 0.4) is 0 Å². The molecule has 5 heteroatoms. The highest BCUT2D eigenvalue weighted by molar-refractivity contribution is 6.19. The zero-order valence-corrected chi connectivity index (χ0v) is 12.2. The third-order valence-electron chi connectivity index (χ3n) is 2.67. The smallest absolute Gasteiger partial charge is 0.219 e. The highest BCUT2D eigenvalue weighted by Gasteiger charge is 2.06.